The smallest absolute Gasteiger partial charge is 0.185 e. The van der Waals surface area contributed by atoms with Gasteiger partial charge in [0.25, 0.3) is 0 Å². The zero-order valence-electron chi connectivity index (χ0n) is 17.0. The van der Waals surface area contributed by atoms with Crippen molar-refractivity contribution in [2.24, 2.45) is 5.41 Å². The topological polar surface area (TPSA) is 67.9 Å². The zero-order chi connectivity index (χ0) is 22.3. The minimum absolute atomic E-state index is 0.0854. The molecule has 2 heterocycles. The average Bonchev–Trinajstić information content (AvgIpc) is 3.15. The average molecular weight is 527 g/mol. The number of ketones is 1. The summed E-state index contributed by atoms with van der Waals surface area (Å²) in [6.07, 6.45) is 3.87. The molecule has 3 atom stereocenters. The third-order valence-corrected chi connectivity index (χ3v) is 7.46. The molecule has 0 amide bonds. The summed E-state index contributed by atoms with van der Waals surface area (Å²) in [5, 5.41) is 20.9. The molecule has 1 saturated heterocycles. The number of Topliss-reactive ketones (excluding diaryl/α,β-unsaturated/α-hetero) is 1. The number of anilines is 1. The van der Waals surface area contributed by atoms with Gasteiger partial charge in [0, 0.05) is 20.7 Å². The van der Waals surface area contributed by atoms with Crippen molar-refractivity contribution < 1.29 is 4.79 Å². The predicted molar refractivity (Wildman–Crippen MR) is 132 cm³/mol. The molecule has 154 valence electrons. The Morgan fingerprint density at radius 3 is 2.28 bits per heavy atom. The number of nitriles is 2. The van der Waals surface area contributed by atoms with Crippen molar-refractivity contribution in [3.8, 4) is 12.1 Å². The third kappa shape index (κ3) is 2.89. The van der Waals surface area contributed by atoms with E-state index in [2.05, 4.69) is 34.7 Å². The molecule has 2 aliphatic rings. The summed E-state index contributed by atoms with van der Waals surface area (Å²) in [6.45, 7) is 0. The molecule has 4 nitrogen and oxygen atoms in total. The second kappa shape index (κ2) is 7.93. The Morgan fingerprint density at radius 1 is 0.906 bits per heavy atom. The van der Waals surface area contributed by atoms with Crippen LogP contribution in [-0.4, -0.2) is 17.9 Å². The van der Waals surface area contributed by atoms with E-state index in [0.717, 1.165) is 20.4 Å². The number of para-hydroxylation sites is 1. The molecule has 0 saturated carbocycles. The fourth-order valence-corrected chi connectivity index (χ4v) is 5.80. The van der Waals surface area contributed by atoms with E-state index in [9.17, 15) is 15.3 Å². The molecule has 0 unspecified atom stereocenters. The molecule has 0 radical (unpaired) electrons. The molecule has 0 bridgehead atoms. The first-order valence-corrected chi connectivity index (χ1v) is 11.4. The van der Waals surface area contributed by atoms with Gasteiger partial charge < -0.3 is 4.90 Å². The maximum absolute atomic E-state index is 14.0. The number of nitrogens with zero attached hydrogens (tertiary/aromatic N) is 3. The van der Waals surface area contributed by atoms with Crippen LogP contribution in [-0.2, 0) is 0 Å². The first-order valence-electron chi connectivity index (χ1n) is 10.3. The highest BCUT2D eigenvalue weighted by atomic mass is 127. The van der Waals surface area contributed by atoms with Crippen LogP contribution in [0.3, 0.4) is 0 Å². The monoisotopic (exact) mass is 527 g/mol. The molecular formula is C27H18IN3O. The van der Waals surface area contributed by atoms with Crippen molar-refractivity contribution in [1.82, 2.24) is 0 Å². The molecule has 3 aromatic carbocycles. The van der Waals surface area contributed by atoms with Gasteiger partial charge in [-0.15, -0.1) is 0 Å². The number of fused-ring (bicyclic) bond motifs is 3. The van der Waals surface area contributed by atoms with Crippen molar-refractivity contribution in [3.63, 3.8) is 0 Å². The first kappa shape index (κ1) is 20.5. The highest BCUT2D eigenvalue weighted by Crippen LogP contribution is 2.56. The Hall–Kier alpha value is -3.42. The number of halogens is 1. The molecule has 0 aromatic heterocycles. The lowest BCUT2D eigenvalue weighted by atomic mass is 9.69. The van der Waals surface area contributed by atoms with Crippen LogP contribution in [0, 0.1) is 31.6 Å². The number of benzene rings is 3. The standard InChI is InChI=1S/C27H18IN3O/c28-21-12-6-5-11-20(21)24-25(26(32)19-9-2-1-3-10-19)31-22-13-7-4-8-18(22)14-15-23(31)27(24,16-29)17-30/h1-15,23-25H/t23-,24+,25-/m0/s1. The Labute approximate surface area is 200 Å². The van der Waals surface area contributed by atoms with E-state index in [0.29, 0.717) is 5.56 Å². The van der Waals surface area contributed by atoms with E-state index in [1.54, 1.807) is 12.1 Å². The Balaban J connectivity index is 1.81. The molecule has 0 aliphatic carbocycles. The van der Waals surface area contributed by atoms with Crippen LogP contribution < -0.4 is 4.90 Å². The lowest BCUT2D eigenvalue weighted by Crippen LogP contribution is -2.44. The van der Waals surface area contributed by atoms with Crippen molar-refractivity contribution in [2.75, 3.05) is 4.90 Å². The number of carbonyl (C=O) groups is 1. The zero-order valence-corrected chi connectivity index (χ0v) is 19.2. The van der Waals surface area contributed by atoms with Crippen LogP contribution in [0.2, 0.25) is 0 Å². The summed E-state index contributed by atoms with van der Waals surface area (Å²) in [4.78, 5) is 16.0. The van der Waals surface area contributed by atoms with Crippen molar-refractivity contribution in [3.05, 3.63) is 105 Å². The molecule has 5 rings (SSSR count). The molecule has 0 N–H and O–H groups in total. The Bertz CT molecular complexity index is 1300. The lowest BCUT2D eigenvalue weighted by Gasteiger charge is -2.35. The number of rotatable bonds is 3. The molecule has 3 aromatic rings. The van der Waals surface area contributed by atoms with Crippen LogP contribution in [0.1, 0.15) is 27.4 Å². The van der Waals surface area contributed by atoms with Gasteiger partial charge in [-0.25, -0.2) is 0 Å². The van der Waals surface area contributed by atoms with E-state index in [1.165, 1.54) is 0 Å². The van der Waals surface area contributed by atoms with Crippen LogP contribution >= 0.6 is 22.6 Å². The molecule has 2 aliphatic heterocycles. The van der Waals surface area contributed by atoms with E-state index >= 15 is 0 Å². The predicted octanol–water partition coefficient (Wildman–Crippen LogP) is 5.58. The molecule has 32 heavy (non-hydrogen) atoms. The van der Waals surface area contributed by atoms with Gasteiger partial charge in [-0.3, -0.25) is 4.79 Å². The highest BCUT2D eigenvalue weighted by Gasteiger charge is 2.63. The van der Waals surface area contributed by atoms with Gasteiger partial charge in [0.15, 0.2) is 11.2 Å². The summed E-state index contributed by atoms with van der Waals surface area (Å²) in [5.74, 6) is -0.697. The molecule has 0 spiro atoms. The molecule has 1 fully saturated rings. The second-order valence-electron chi connectivity index (χ2n) is 8.04. The van der Waals surface area contributed by atoms with E-state index in [-0.39, 0.29) is 5.78 Å². The van der Waals surface area contributed by atoms with Crippen molar-refractivity contribution in [2.45, 2.75) is 18.0 Å². The van der Waals surface area contributed by atoms with Crippen LogP contribution in [0.25, 0.3) is 6.08 Å². The Kier molecular flexibility index (Phi) is 5.07. The summed E-state index contributed by atoms with van der Waals surface area (Å²) < 4.78 is 0.938. The van der Waals surface area contributed by atoms with Crippen LogP contribution in [0.5, 0.6) is 0 Å². The SMILES string of the molecule is N#CC1(C#N)[C@H](c2ccccc2I)[C@@H](C(=O)c2ccccc2)N2c3ccccc3C=C[C@H]21. The van der Waals surface area contributed by atoms with Gasteiger partial charge in [-0.1, -0.05) is 78.9 Å². The summed E-state index contributed by atoms with van der Waals surface area (Å²) >= 11 is 2.23. The third-order valence-electron chi connectivity index (χ3n) is 6.48. The number of hydrogen-bond acceptors (Lipinski definition) is 4. The van der Waals surface area contributed by atoms with E-state index in [1.807, 2.05) is 83.8 Å². The fraction of sp³-hybridized carbons (Fsp3) is 0.148. The highest BCUT2D eigenvalue weighted by molar-refractivity contribution is 14.1. The van der Waals surface area contributed by atoms with Gasteiger partial charge >= 0.3 is 0 Å². The van der Waals surface area contributed by atoms with E-state index < -0.39 is 23.4 Å². The summed E-state index contributed by atoms with van der Waals surface area (Å²) in [7, 11) is 0. The van der Waals surface area contributed by atoms with Crippen molar-refractivity contribution in [1.29, 1.82) is 10.5 Å². The van der Waals surface area contributed by atoms with Gasteiger partial charge in [0.05, 0.1) is 18.2 Å². The van der Waals surface area contributed by atoms with Crippen LogP contribution in [0.4, 0.5) is 5.69 Å². The largest absolute Gasteiger partial charge is 0.351 e. The first-order chi connectivity index (χ1) is 15.6. The van der Waals surface area contributed by atoms with Gasteiger partial charge in [-0.05, 0) is 45.9 Å². The normalized spacial score (nSPS) is 22.3. The minimum Gasteiger partial charge on any atom is -0.351 e. The maximum Gasteiger partial charge on any atom is 0.185 e. The second-order valence-corrected chi connectivity index (χ2v) is 9.20. The van der Waals surface area contributed by atoms with E-state index in [4.69, 9.17) is 0 Å². The minimum atomic E-state index is -1.42. The number of carbonyl (C=O) groups excluding carboxylic acids is 1. The summed E-state index contributed by atoms with van der Waals surface area (Å²) in [5.41, 5.74) is 1.86. The van der Waals surface area contributed by atoms with Crippen molar-refractivity contribution >= 4 is 40.1 Å². The molecule has 5 heteroatoms. The fourth-order valence-electron chi connectivity index (χ4n) is 5.08. The maximum atomic E-state index is 14.0. The Morgan fingerprint density at radius 2 is 1.56 bits per heavy atom. The quantitative estimate of drug-likeness (QED) is 0.330. The van der Waals surface area contributed by atoms with Gasteiger partial charge in [0.2, 0.25) is 0 Å². The number of hydrogen-bond donors (Lipinski definition) is 0. The van der Waals surface area contributed by atoms with Crippen LogP contribution in [0.15, 0.2) is 84.9 Å². The van der Waals surface area contributed by atoms with Gasteiger partial charge in [0.1, 0.15) is 6.04 Å². The lowest BCUT2D eigenvalue weighted by molar-refractivity contribution is 0.0951. The van der Waals surface area contributed by atoms with Gasteiger partial charge in [-0.2, -0.15) is 10.5 Å². The molecular weight excluding hydrogens is 509 g/mol. The summed E-state index contributed by atoms with van der Waals surface area (Å²) in [6, 6.07) is 28.2.